The van der Waals surface area contributed by atoms with Gasteiger partial charge in [-0.25, -0.2) is 0 Å². The Balaban J connectivity index is 2.71. The predicted molar refractivity (Wildman–Crippen MR) is 55.0 cm³/mol. The first-order chi connectivity index (χ1) is 8.64. The number of hydrogen-bond donors (Lipinski definition) is 1. The standard InChI is InChI=1S/C11H11F6NO/c12-10(13,14)9(11(15,16)17)19-6-8-3-1-7(5-18)2-4-8/h1-4,9H,5-6,18H2. The maximum atomic E-state index is 12.2. The lowest BCUT2D eigenvalue weighted by molar-refractivity contribution is -0.324. The van der Waals surface area contributed by atoms with E-state index in [0.717, 1.165) is 0 Å². The normalized spacial score (nSPS) is 13.1. The van der Waals surface area contributed by atoms with Gasteiger partial charge in [-0.2, -0.15) is 26.3 Å². The maximum Gasteiger partial charge on any atom is 0.423 e. The SMILES string of the molecule is NCc1ccc(COC(C(F)(F)F)C(F)(F)F)cc1. The van der Waals surface area contributed by atoms with Gasteiger partial charge < -0.3 is 10.5 Å². The fourth-order valence-corrected chi connectivity index (χ4v) is 1.33. The van der Waals surface area contributed by atoms with E-state index in [9.17, 15) is 26.3 Å². The minimum atomic E-state index is -5.49. The van der Waals surface area contributed by atoms with Crippen molar-refractivity contribution in [1.82, 2.24) is 0 Å². The van der Waals surface area contributed by atoms with E-state index < -0.39 is 25.1 Å². The van der Waals surface area contributed by atoms with Crippen LogP contribution in [0.15, 0.2) is 24.3 Å². The predicted octanol–water partition coefficient (Wildman–Crippen LogP) is 3.16. The monoisotopic (exact) mass is 287 g/mol. The molecule has 1 aromatic rings. The van der Waals surface area contributed by atoms with Crippen LogP contribution < -0.4 is 5.73 Å². The van der Waals surface area contributed by atoms with E-state index >= 15 is 0 Å². The molecule has 2 nitrogen and oxygen atoms in total. The molecule has 2 N–H and O–H groups in total. The van der Waals surface area contributed by atoms with Crippen LogP contribution in [0.5, 0.6) is 0 Å². The van der Waals surface area contributed by atoms with Crippen molar-refractivity contribution in [3.63, 3.8) is 0 Å². The molecule has 0 atom stereocenters. The quantitative estimate of drug-likeness (QED) is 0.863. The smallest absolute Gasteiger partial charge is 0.356 e. The van der Waals surface area contributed by atoms with Crippen molar-refractivity contribution in [3.8, 4) is 0 Å². The lowest BCUT2D eigenvalue weighted by Gasteiger charge is -2.23. The first-order valence-electron chi connectivity index (χ1n) is 5.17. The van der Waals surface area contributed by atoms with Crippen molar-refractivity contribution in [2.75, 3.05) is 0 Å². The Morgan fingerprint density at radius 2 is 1.32 bits per heavy atom. The Morgan fingerprint density at radius 1 is 0.895 bits per heavy atom. The van der Waals surface area contributed by atoms with E-state index in [1.807, 2.05) is 0 Å². The zero-order chi connectivity index (χ0) is 14.7. The maximum absolute atomic E-state index is 12.2. The number of nitrogens with two attached hydrogens (primary N) is 1. The minimum Gasteiger partial charge on any atom is -0.356 e. The van der Waals surface area contributed by atoms with Gasteiger partial charge in [-0.05, 0) is 11.1 Å². The first kappa shape index (κ1) is 15.8. The molecule has 0 amide bonds. The van der Waals surface area contributed by atoms with Crippen LogP contribution in [0, 0.1) is 0 Å². The summed E-state index contributed by atoms with van der Waals surface area (Å²) in [6.45, 7) is -0.552. The van der Waals surface area contributed by atoms with Gasteiger partial charge in [0.2, 0.25) is 6.10 Å². The van der Waals surface area contributed by atoms with Crippen LogP contribution in [0.1, 0.15) is 11.1 Å². The van der Waals surface area contributed by atoms with Gasteiger partial charge in [0.15, 0.2) is 0 Å². The van der Waals surface area contributed by atoms with Crippen molar-refractivity contribution < 1.29 is 31.1 Å². The van der Waals surface area contributed by atoms with Gasteiger partial charge in [0.25, 0.3) is 0 Å². The molecule has 1 aromatic carbocycles. The van der Waals surface area contributed by atoms with Crippen LogP contribution in [0.4, 0.5) is 26.3 Å². The molecule has 0 aliphatic heterocycles. The Kier molecular flexibility index (Phi) is 4.81. The topological polar surface area (TPSA) is 35.2 Å². The summed E-state index contributed by atoms with van der Waals surface area (Å²) in [5, 5.41) is 0. The van der Waals surface area contributed by atoms with Gasteiger partial charge in [-0.3, -0.25) is 0 Å². The molecule has 1 rings (SSSR count). The molecule has 0 fully saturated rings. The molecule has 0 radical (unpaired) electrons. The van der Waals surface area contributed by atoms with E-state index in [1.165, 1.54) is 24.3 Å². The third kappa shape index (κ3) is 4.71. The van der Waals surface area contributed by atoms with E-state index in [-0.39, 0.29) is 12.1 Å². The van der Waals surface area contributed by atoms with Crippen LogP contribution in [0.3, 0.4) is 0 Å². The first-order valence-corrected chi connectivity index (χ1v) is 5.17. The molecule has 0 spiro atoms. The highest BCUT2D eigenvalue weighted by atomic mass is 19.4. The lowest BCUT2D eigenvalue weighted by atomic mass is 10.1. The van der Waals surface area contributed by atoms with E-state index in [1.54, 1.807) is 0 Å². The van der Waals surface area contributed by atoms with Gasteiger partial charge in [-0.15, -0.1) is 0 Å². The molecule has 0 unspecified atom stereocenters. The minimum absolute atomic E-state index is 0.204. The summed E-state index contributed by atoms with van der Waals surface area (Å²) in [5.41, 5.74) is 6.23. The fraction of sp³-hybridized carbons (Fsp3) is 0.455. The highest BCUT2D eigenvalue weighted by Crippen LogP contribution is 2.36. The fourth-order valence-electron chi connectivity index (χ4n) is 1.33. The molecule has 0 aliphatic carbocycles. The van der Waals surface area contributed by atoms with Crippen molar-refractivity contribution >= 4 is 0 Å². The molecule has 0 heterocycles. The third-order valence-electron chi connectivity index (χ3n) is 2.27. The molecule has 0 saturated heterocycles. The Bertz CT molecular complexity index is 383. The van der Waals surface area contributed by atoms with Crippen LogP contribution in [-0.4, -0.2) is 18.5 Å². The molecular weight excluding hydrogens is 276 g/mol. The molecule has 8 heteroatoms. The highest BCUT2D eigenvalue weighted by molar-refractivity contribution is 5.21. The summed E-state index contributed by atoms with van der Waals surface area (Å²) in [5.74, 6) is 0. The third-order valence-corrected chi connectivity index (χ3v) is 2.27. The van der Waals surface area contributed by atoms with E-state index in [2.05, 4.69) is 4.74 Å². The van der Waals surface area contributed by atoms with Crippen LogP contribution in [0.2, 0.25) is 0 Å². The molecular formula is C11H11F6NO. The highest BCUT2D eigenvalue weighted by Gasteiger charge is 2.57. The molecule has 0 aliphatic rings. The second-order valence-electron chi connectivity index (χ2n) is 3.79. The summed E-state index contributed by atoms with van der Waals surface area (Å²) >= 11 is 0. The summed E-state index contributed by atoms with van der Waals surface area (Å²) in [4.78, 5) is 0. The van der Waals surface area contributed by atoms with Gasteiger partial charge in [0, 0.05) is 6.54 Å². The summed E-state index contributed by atoms with van der Waals surface area (Å²) < 4.78 is 77.0. The van der Waals surface area contributed by atoms with Crippen LogP contribution >= 0.6 is 0 Å². The van der Waals surface area contributed by atoms with E-state index in [0.29, 0.717) is 5.56 Å². The van der Waals surface area contributed by atoms with Gasteiger partial charge in [0.05, 0.1) is 6.61 Å². The summed E-state index contributed by atoms with van der Waals surface area (Å²) in [6.07, 6.45) is -14.8. The second kappa shape index (κ2) is 5.79. The zero-order valence-corrected chi connectivity index (χ0v) is 9.55. The number of ether oxygens (including phenoxy) is 1. The molecule has 0 bridgehead atoms. The number of rotatable bonds is 4. The molecule has 19 heavy (non-hydrogen) atoms. The number of hydrogen-bond acceptors (Lipinski definition) is 2. The van der Waals surface area contributed by atoms with Gasteiger partial charge in [0.1, 0.15) is 0 Å². The molecule has 0 saturated carbocycles. The molecule has 108 valence electrons. The van der Waals surface area contributed by atoms with Crippen molar-refractivity contribution in [2.24, 2.45) is 5.73 Å². The summed E-state index contributed by atoms with van der Waals surface area (Å²) in [7, 11) is 0. The van der Waals surface area contributed by atoms with E-state index in [4.69, 9.17) is 5.73 Å². The largest absolute Gasteiger partial charge is 0.423 e. The average molecular weight is 287 g/mol. The van der Waals surface area contributed by atoms with Gasteiger partial charge in [-0.1, -0.05) is 24.3 Å². The van der Waals surface area contributed by atoms with Crippen LogP contribution in [-0.2, 0) is 17.9 Å². The summed E-state index contributed by atoms with van der Waals surface area (Å²) in [6, 6.07) is 5.75. The molecule has 0 aromatic heterocycles. The number of halogens is 6. The number of benzene rings is 1. The van der Waals surface area contributed by atoms with Gasteiger partial charge >= 0.3 is 12.4 Å². The van der Waals surface area contributed by atoms with Crippen molar-refractivity contribution in [2.45, 2.75) is 31.6 Å². The average Bonchev–Trinajstić information content (AvgIpc) is 2.26. The second-order valence-corrected chi connectivity index (χ2v) is 3.79. The van der Waals surface area contributed by atoms with Crippen molar-refractivity contribution in [1.29, 1.82) is 0 Å². The number of alkyl halides is 6. The Labute approximate surface area is 105 Å². The lowest BCUT2D eigenvalue weighted by Crippen LogP contribution is -2.44. The van der Waals surface area contributed by atoms with Crippen LogP contribution in [0.25, 0.3) is 0 Å². The Morgan fingerprint density at radius 3 is 1.68 bits per heavy atom. The van der Waals surface area contributed by atoms with Crippen molar-refractivity contribution in [3.05, 3.63) is 35.4 Å². The Hall–Kier alpha value is -1.28. The zero-order valence-electron chi connectivity index (χ0n) is 9.55.